The number of ether oxygens (including phenoxy) is 1. The van der Waals surface area contributed by atoms with Gasteiger partial charge in [0.2, 0.25) is 0 Å². The third-order valence-corrected chi connectivity index (χ3v) is 12.4. The van der Waals surface area contributed by atoms with Crippen LogP contribution >= 0.6 is 11.8 Å². The fraction of sp³-hybridized carbons (Fsp3) is 0.750. The first kappa shape index (κ1) is 30.5. The number of carbonyl (C=O) groups is 2. The van der Waals surface area contributed by atoms with E-state index in [-0.39, 0.29) is 40.7 Å². The van der Waals surface area contributed by atoms with Crippen molar-refractivity contribution in [3.05, 3.63) is 24.4 Å². The summed E-state index contributed by atoms with van der Waals surface area (Å²) in [6.07, 6.45) is 4.29. The molecule has 5 rings (SSSR count). The van der Waals surface area contributed by atoms with E-state index in [2.05, 4.69) is 49.2 Å². The van der Waals surface area contributed by atoms with Crippen LogP contribution in [0.5, 0.6) is 0 Å². The second-order valence-corrected chi connectivity index (χ2v) is 14.7. The minimum Gasteiger partial charge on any atom is -0.461 e. The fourth-order valence-electron chi connectivity index (χ4n) is 8.60. The molecule has 0 amide bonds. The fourth-order valence-corrected chi connectivity index (χ4v) is 9.29. The maximum atomic E-state index is 13.6. The number of nitrogens with zero attached hydrogens (tertiary/aromatic N) is 4. The van der Waals surface area contributed by atoms with Crippen LogP contribution in [0.3, 0.4) is 0 Å². The number of anilines is 1. The smallest absolute Gasteiger partial charge is 0.316 e. The van der Waals surface area contributed by atoms with Crippen molar-refractivity contribution in [3.63, 3.8) is 0 Å². The molecule has 2 bridgehead atoms. The summed E-state index contributed by atoms with van der Waals surface area (Å²) in [5, 5.41) is 12.3. The predicted molar refractivity (Wildman–Crippen MR) is 162 cm³/mol. The van der Waals surface area contributed by atoms with Crippen LogP contribution in [0.15, 0.2) is 23.9 Å². The molecule has 2 heterocycles. The van der Waals surface area contributed by atoms with Crippen LogP contribution in [-0.4, -0.2) is 82.9 Å². The molecule has 1 N–H and O–H groups in total. The van der Waals surface area contributed by atoms with Crippen LogP contribution in [0.1, 0.15) is 65.5 Å². The molecule has 1 aromatic heterocycles. The van der Waals surface area contributed by atoms with Gasteiger partial charge in [-0.15, -0.1) is 6.58 Å². The number of piperazine rings is 1. The Morgan fingerprint density at radius 3 is 2.61 bits per heavy atom. The highest BCUT2D eigenvalue weighted by atomic mass is 32.2. The molecule has 3 aliphatic carbocycles. The minimum absolute atomic E-state index is 0.0473. The number of likely N-dealkylation sites (N-methyl/N-ethyl adjacent to an activating group) is 1. The van der Waals surface area contributed by atoms with E-state index in [1.807, 2.05) is 26.0 Å². The number of hydrogen-bond donors (Lipinski definition) is 1. The largest absolute Gasteiger partial charge is 0.461 e. The van der Waals surface area contributed by atoms with Gasteiger partial charge in [0.05, 0.1) is 11.9 Å². The van der Waals surface area contributed by atoms with Gasteiger partial charge in [-0.3, -0.25) is 9.59 Å². The van der Waals surface area contributed by atoms with Gasteiger partial charge in [-0.2, -0.15) is 0 Å². The molecule has 1 aliphatic heterocycles. The number of aromatic nitrogens is 2. The van der Waals surface area contributed by atoms with Gasteiger partial charge in [0.25, 0.3) is 0 Å². The number of Topliss-reactive ketones (excluding diaryl/α,β-unsaturated/α-hetero) is 1. The number of esters is 1. The highest BCUT2D eigenvalue weighted by Gasteiger charge is 2.68. The van der Waals surface area contributed by atoms with Crippen molar-refractivity contribution in [1.29, 1.82) is 0 Å². The number of aliphatic hydroxyl groups excluding tert-OH is 1. The van der Waals surface area contributed by atoms with Gasteiger partial charge >= 0.3 is 5.97 Å². The molecule has 0 spiro atoms. The summed E-state index contributed by atoms with van der Waals surface area (Å²) in [5.74, 6) is 0.835. The third kappa shape index (κ3) is 5.24. The quantitative estimate of drug-likeness (QED) is 0.224. The lowest BCUT2D eigenvalue weighted by molar-refractivity contribution is -0.205. The number of ketones is 1. The molecule has 1 saturated heterocycles. The van der Waals surface area contributed by atoms with Crippen molar-refractivity contribution in [2.75, 3.05) is 43.9 Å². The van der Waals surface area contributed by atoms with Crippen molar-refractivity contribution >= 4 is 29.3 Å². The summed E-state index contributed by atoms with van der Waals surface area (Å²) in [4.78, 5) is 41.1. The van der Waals surface area contributed by atoms with E-state index in [0.29, 0.717) is 18.0 Å². The maximum absolute atomic E-state index is 13.6. The molecule has 0 unspecified atom stereocenters. The number of carbonyl (C=O) groups excluding carboxylic acids is 2. The summed E-state index contributed by atoms with van der Waals surface area (Å²) in [6, 6.07) is 2.00. The van der Waals surface area contributed by atoms with Crippen molar-refractivity contribution < 1.29 is 19.4 Å². The molecule has 9 heteroatoms. The first-order valence-corrected chi connectivity index (χ1v) is 16.3. The average Bonchev–Trinajstić information content (AvgIpc) is 3.30. The first-order valence-electron chi connectivity index (χ1n) is 15.3. The Kier molecular flexibility index (Phi) is 8.38. The van der Waals surface area contributed by atoms with Crippen LogP contribution in [0.4, 0.5) is 5.82 Å². The molecule has 8 nitrogen and oxygen atoms in total. The molecule has 3 saturated carbocycles. The van der Waals surface area contributed by atoms with Gasteiger partial charge in [-0.25, -0.2) is 9.97 Å². The summed E-state index contributed by atoms with van der Waals surface area (Å²) in [6.45, 7) is 18.4. The molecule has 4 fully saturated rings. The molecule has 0 radical (unpaired) electrons. The van der Waals surface area contributed by atoms with Crippen molar-refractivity contribution in [2.45, 2.75) is 84.1 Å². The Morgan fingerprint density at radius 1 is 1.22 bits per heavy atom. The molecule has 1 aromatic rings. The van der Waals surface area contributed by atoms with E-state index < -0.39 is 23.0 Å². The van der Waals surface area contributed by atoms with Crippen LogP contribution in [0, 0.1) is 40.9 Å². The van der Waals surface area contributed by atoms with E-state index in [0.717, 1.165) is 57.0 Å². The Morgan fingerprint density at radius 2 is 1.93 bits per heavy atom. The summed E-state index contributed by atoms with van der Waals surface area (Å²) < 4.78 is 6.39. The normalized spacial score (nSPS) is 39.5. The van der Waals surface area contributed by atoms with Gasteiger partial charge < -0.3 is 19.6 Å². The zero-order valence-electron chi connectivity index (χ0n) is 25.7. The second-order valence-electron chi connectivity index (χ2n) is 13.8. The minimum atomic E-state index is -0.671. The number of aryl methyl sites for hydroxylation is 1. The topological polar surface area (TPSA) is 95.9 Å². The third-order valence-electron chi connectivity index (χ3n) is 11.5. The van der Waals surface area contributed by atoms with Gasteiger partial charge in [0, 0.05) is 61.1 Å². The monoisotopic (exact) mass is 584 g/mol. The molecule has 4 aliphatic rings. The lowest BCUT2D eigenvalue weighted by Crippen LogP contribution is -2.63. The Hall–Kier alpha value is -1.97. The first-order chi connectivity index (χ1) is 19.3. The molecule has 41 heavy (non-hydrogen) atoms. The van der Waals surface area contributed by atoms with E-state index in [1.165, 1.54) is 11.8 Å². The molecule has 0 aromatic carbocycles. The van der Waals surface area contributed by atoms with Gasteiger partial charge in [0.15, 0.2) is 5.16 Å². The number of aliphatic hydroxyl groups is 1. The highest BCUT2D eigenvalue weighted by molar-refractivity contribution is 7.99. The van der Waals surface area contributed by atoms with Crippen LogP contribution in [0.2, 0.25) is 0 Å². The molecule has 226 valence electrons. The zero-order chi connectivity index (χ0) is 29.7. The van der Waals surface area contributed by atoms with Gasteiger partial charge in [-0.05, 0) is 56.9 Å². The maximum Gasteiger partial charge on any atom is 0.316 e. The lowest BCUT2D eigenvalue weighted by Gasteiger charge is -2.61. The van der Waals surface area contributed by atoms with Crippen molar-refractivity contribution in [3.8, 4) is 0 Å². The lowest BCUT2D eigenvalue weighted by atomic mass is 9.44. The van der Waals surface area contributed by atoms with Crippen LogP contribution in [-0.2, 0) is 14.3 Å². The summed E-state index contributed by atoms with van der Waals surface area (Å²) >= 11 is 1.30. The second kappa shape index (κ2) is 11.3. The summed E-state index contributed by atoms with van der Waals surface area (Å²) in [5.41, 5.74) is -0.568. The van der Waals surface area contributed by atoms with E-state index >= 15 is 0 Å². The Bertz CT molecular complexity index is 1190. The van der Waals surface area contributed by atoms with Crippen LogP contribution < -0.4 is 4.90 Å². The van der Waals surface area contributed by atoms with Crippen LogP contribution in [0.25, 0.3) is 0 Å². The number of rotatable bonds is 6. The summed E-state index contributed by atoms with van der Waals surface area (Å²) in [7, 11) is 2.13. The molecule has 8 atom stereocenters. The van der Waals surface area contributed by atoms with Crippen molar-refractivity contribution in [1.82, 2.24) is 14.9 Å². The Labute approximate surface area is 249 Å². The molecular formula is C32H48N4O4S. The zero-order valence-corrected chi connectivity index (χ0v) is 26.5. The Balaban J connectivity index is 1.38. The highest BCUT2D eigenvalue weighted by Crippen LogP contribution is 2.68. The van der Waals surface area contributed by atoms with Gasteiger partial charge in [0.1, 0.15) is 17.7 Å². The SMILES string of the molecule is C=C[C@]1(C)C[C@@H](OC(=O)CSc2nc(C)cc(N3CCN(C)CC3)n2)[C@@]2(C)[C@H](C)CC[C@]3(CCC(=O)[C@H]32)[C@@H](C)[C@@H]1O. The standard InChI is InChI=1S/C32H48N4O4S/c1-8-30(5)18-24(31(6)20(2)9-11-32(22(4)28(30)39)12-10-23(37)27(31)32)40-26(38)19-41-29-33-21(3)17-25(34-29)36-15-13-35(7)14-16-36/h8,17,20,22,24,27-28,39H,1,9-16,18-19H2,2-7H3/t20-,22+,24-,27+,28+,30-,31-,32+/m1/s1. The molecular weight excluding hydrogens is 536 g/mol. The van der Waals surface area contributed by atoms with E-state index in [4.69, 9.17) is 9.72 Å². The number of hydrogen-bond acceptors (Lipinski definition) is 9. The predicted octanol–water partition coefficient (Wildman–Crippen LogP) is 4.54. The van der Waals surface area contributed by atoms with E-state index in [1.54, 1.807) is 0 Å². The number of thioether (sulfide) groups is 1. The van der Waals surface area contributed by atoms with Gasteiger partial charge in [-0.1, -0.05) is 45.5 Å². The van der Waals surface area contributed by atoms with Crippen molar-refractivity contribution in [2.24, 2.45) is 34.0 Å². The van der Waals surface area contributed by atoms with E-state index in [9.17, 15) is 14.7 Å². The average molecular weight is 585 g/mol.